The summed E-state index contributed by atoms with van der Waals surface area (Å²) in [5.41, 5.74) is -3.16. The van der Waals surface area contributed by atoms with Gasteiger partial charge in [0.25, 0.3) is 17.7 Å². The Morgan fingerprint density at radius 3 is 1.59 bits per heavy atom. The molecule has 3 saturated heterocycles. The van der Waals surface area contributed by atoms with Crippen molar-refractivity contribution in [1.82, 2.24) is 62.6 Å². The maximum Gasteiger partial charge on any atom is 0.332 e. The number of rotatable bonds is 11. The van der Waals surface area contributed by atoms with Crippen LogP contribution in [0.4, 0.5) is 28.8 Å². The van der Waals surface area contributed by atoms with Gasteiger partial charge in [0.05, 0.1) is 6.67 Å². The SMILES string of the molecule is CCC1(NC(=O)NCNC(=O)NC2(CC)NC(=O)NC2=O)NC(=O)NC1=O.O=C1C(N(CO)C(=O)NCO)N(CO)C(=O)N1CO. The van der Waals surface area contributed by atoms with E-state index in [1.165, 1.54) is 0 Å². The van der Waals surface area contributed by atoms with Crippen LogP contribution in [0.15, 0.2) is 0 Å². The van der Waals surface area contributed by atoms with E-state index in [1.807, 2.05) is 16.0 Å². The number of nitrogens with zero attached hydrogens (tertiary/aromatic N) is 3. The Labute approximate surface area is 258 Å². The lowest BCUT2D eigenvalue weighted by molar-refractivity contribution is -0.136. The molecule has 3 fully saturated rings. The Hall–Kier alpha value is -5.53. The summed E-state index contributed by atoms with van der Waals surface area (Å²) in [5, 5.41) is 55.3. The number of aliphatic hydroxyl groups is 4. The highest BCUT2D eigenvalue weighted by Gasteiger charge is 2.49. The van der Waals surface area contributed by atoms with Crippen molar-refractivity contribution >= 4 is 53.9 Å². The Kier molecular flexibility index (Phi) is 12.3. The second-order valence-corrected chi connectivity index (χ2v) is 9.20. The Morgan fingerprint density at radius 1 is 0.783 bits per heavy atom. The monoisotopic (exact) mass is 662 g/mol. The van der Waals surface area contributed by atoms with Gasteiger partial charge in [0, 0.05) is 0 Å². The number of imide groups is 3. The van der Waals surface area contributed by atoms with Gasteiger partial charge in [-0.3, -0.25) is 34.8 Å². The fourth-order valence-corrected chi connectivity index (χ4v) is 4.13. The maximum absolute atomic E-state index is 11.9. The van der Waals surface area contributed by atoms with E-state index in [9.17, 15) is 43.2 Å². The van der Waals surface area contributed by atoms with Crippen LogP contribution in [-0.2, 0) is 14.4 Å². The molecule has 0 aromatic rings. The van der Waals surface area contributed by atoms with Gasteiger partial charge in [-0.05, 0) is 12.8 Å². The van der Waals surface area contributed by atoms with E-state index >= 15 is 0 Å². The molecular formula is C21H34N12O13. The van der Waals surface area contributed by atoms with Crippen LogP contribution >= 0.6 is 0 Å². The lowest BCUT2D eigenvalue weighted by Gasteiger charge is -2.29. The van der Waals surface area contributed by atoms with Gasteiger partial charge in [-0.15, -0.1) is 0 Å². The lowest BCUT2D eigenvalue weighted by Crippen LogP contribution is -2.64. The number of nitrogens with one attached hydrogen (secondary N) is 9. The first-order valence-electron chi connectivity index (χ1n) is 13.2. The topological polar surface area (TPSA) is 353 Å². The molecule has 46 heavy (non-hydrogen) atoms. The molecule has 3 aliphatic heterocycles. The summed E-state index contributed by atoms with van der Waals surface area (Å²) in [6, 6.07) is -5.15. The van der Waals surface area contributed by atoms with Crippen molar-refractivity contribution in [2.45, 2.75) is 44.2 Å². The number of aliphatic hydroxyl groups excluding tert-OH is 4. The van der Waals surface area contributed by atoms with Crippen molar-refractivity contribution in [3.63, 3.8) is 0 Å². The zero-order chi connectivity index (χ0) is 34.8. The Balaban J connectivity index is 0.000000341. The van der Waals surface area contributed by atoms with Gasteiger partial charge in [0.15, 0.2) is 17.5 Å². The summed E-state index contributed by atoms with van der Waals surface area (Å²) in [7, 11) is 0. The highest BCUT2D eigenvalue weighted by atomic mass is 16.3. The molecule has 3 unspecified atom stereocenters. The third kappa shape index (κ3) is 7.75. The molecule has 3 heterocycles. The number of amides is 15. The first-order chi connectivity index (χ1) is 21.7. The van der Waals surface area contributed by atoms with Gasteiger partial charge in [0.2, 0.25) is 0 Å². The van der Waals surface area contributed by atoms with Crippen LogP contribution in [0.25, 0.3) is 0 Å². The van der Waals surface area contributed by atoms with Gasteiger partial charge in [0.1, 0.15) is 26.9 Å². The average molecular weight is 663 g/mol. The van der Waals surface area contributed by atoms with Crippen molar-refractivity contribution < 1.29 is 63.6 Å². The van der Waals surface area contributed by atoms with E-state index in [0.29, 0.717) is 14.7 Å². The third-order valence-electron chi connectivity index (χ3n) is 6.59. The molecule has 0 aliphatic carbocycles. The number of hydrogen-bond acceptors (Lipinski definition) is 13. The van der Waals surface area contributed by atoms with E-state index in [4.69, 9.17) is 20.4 Å². The van der Waals surface area contributed by atoms with Crippen LogP contribution in [0.2, 0.25) is 0 Å². The first-order valence-corrected chi connectivity index (χ1v) is 13.2. The molecule has 256 valence electrons. The minimum atomic E-state index is -1.60. The molecule has 0 bridgehead atoms. The number of carbonyl (C=O) groups is 9. The molecule has 0 aromatic heterocycles. The van der Waals surface area contributed by atoms with Crippen molar-refractivity contribution in [2.24, 2.45) is 0 Å². The molecule has 25 heteroatoms. The second kappa shape index (κ2) is 15.5. The number of hydrogen-bond donors (Lipinski definition) is 13. The van der Waals surface area contributed by atoms with Gasteiger partial charge in [-0.2, -0.15) is 0 Å². The van der Waals surface area contributed by atoms with E-state index in [0.717, 1.165) is 0 Å². The van der Waals surface area contributed by atoms with E-state index in [2.05, 4.69) is 31.9 Å². The molecule has 15 amide bonds. The van der Waals surface area contributed by atoms with Crippen LogP contribution < -0.4 is 47.9 Å². The number of urea groups is 6. The average Bonchev–Trinajstić information content (AvgIpc) is 3.54. The minimum Gasteiger partial charge on any atom is -0.376 e. The van der Waals surface area contributed by atoms with E-state index in [-0.39, 0.29) is 19.5 Å². The third-order valence-corrected chi connectivity index (χ3v) is 6.59. The molecule has 13 N–H and O–H groups in total. The normalized spacial score (nSPS) is 23.4. The van der Waals surface area contributed by atoms with Crippen LogP contribution in [-0.4, -0.2) is 140 Å². The fraction of sp³-hybridized carbons (Fsp3) is 0.571. The highest BCUT2D eigenvalue weighted by molar-refractivity contribution is 6.09. The van der Waals surface area contributed by atoms with Crippen molar-refractivity contribution in [3.8, 4) is 0 Å². The smallest absolute Gasteiger partial charge is 0.332 e. The van der Waals surface area contributed by atoms with Crippen LogP contribution in [0.3, 0.4) is 0 Å². The standard InChI is InChI=1S/C13H20N8O6.C8H14N4O7/c1-3-12(6(22)16-10(26)20-12)18-8(24)14-5-15-9(25)19-13(4-2)7(23)17-11(27)21-13;13-1-9-7(18)10(2-14)5-6(17)12(4-16)8(19)11(5)3-15/h3-5H2,1-2H3,(H2,14,18,24)(H2,15,19,25)(H2,16,20,22,26)(H2,17,21,23,27);5,13-16H,1-4H2,(H,9,18). The molecule has 3 atom stereocenters. The highest BCUT2D eigenvalue weighted by Crippen LogP contribution is 2.19. The summed E-state index contributed by atoms with van der Waals surface area (Å²) in [5.74, 6) is -2.39. The van der Waals surface area contributed by atoms with Crippen LogP contribution in [0.5, 0.6) is 0 Å². The van der Waals surface area contributed by atoms with Gasteiger partial charge in [-0.1, -0.05) is 13.8 Å². The lowest BCUT2D eigenvalue weighted by atomic mass is 10.1. The van der Waals surface area contributed by atoms with Gasteiger partial charge < -0.3 is 57.6 Å². The van der Waals surface area contributed by atoms with E-state index < -0.39 is 98.3 Å². The van der Waals surface area contributed by atoms with Crippen LogP contribution in [0.1, 0.15) is 26.7 Å². The minimum absolute atomic E-state index is 0.0970. The van der Waals surface area contributed by atoms with Crippen molar-refractivity contribution in [3.05, 3.63) is 0 Å². The zero-order valence-electron chi connectivity index (χ0n) is 24.3. The van der Waals surface area contributed by atoms with Gasteiger partial charge >= 0.3 is 36.2 Å². The second-order valence-electron chi connectivity index (χ2n) is 9.20. The largest absolute Gasteiger partial charge is 0.376 e. The summed E-state index contributed by atoms with van der Waals surface area (Å²) in [4.78, 5) is 106. The first kappa shape index (κ1) is 36.7. The van der Waals surface area contributed by atoms with Gasteiger partial charge in [-0.25, -0.2) is 33.7 Å². The Bertz CT molecular complexity index is 1210. The predicted molar refractivity (Wildman–Crippen MR) is 144 cm³/mol. The molecule has 0 saturated carbocycles. The zero-order valence-corrected chi connectivity index (χ0v) is 24.3. The predicted octanol–water partition coefficient (Wildman–Crippen LogP) is -6.18. The molecule has 0 spiro atoms. The Morgan fingerprint density at radius 2 is 1.26 bits per heavy atom. The summed E-state index contributed by atoms with van der Waals surface area (Å²) < 4.78 is 0. The molecular weight excluding hydrogens is 628 g/mol. The molecule has 3 aliphatic rings. The molecule has 0 radical (unpaired) electrons. The van der Waals surface area contributed by atoms with Crippen LogP contribution in [0, 0.1) is 0 Å². The van der Waals surface area contributed by atoms with Crippen molar-refractivity contribution in [2.75, 3.05) is 33.6 Å². The molecule has 3 rings (SSSR count). The fourth-order valence-electron chi connectivity index (χ4n) is 4.13. The summed E-state index contributed by atoms with van der Waals surface area (Å²) >= 11 is 0. The number of carbonyl (C=O) groups excluding carboxylic acids is 9. The van der Waals surface area contributed by atoms with Crippen molar-refractivity contribution in [1.29, 1.82) is 0 Å². The molecule has 25 nitrogen and oxygen atoms in total. The quantitative estimate of drug-likeness (QED) is 0.0724. The van der Waals surface area contributed by atoms with E-state index in [1.54, 1.807) is 13.8 Å². The molecule has 0 aromatic carbocycles. The summed E-state index contributed by atoms with van der Waals surface area (Å²) in [6.07, 6.45) is -1.40. The summed E-state index contributed by atoms with van der Waals surface area (Å²) in [6.45, 7) is -0.689. The maximum atomic E-state index is 11.9.